The molecule has 35 heavy (non-hydrogen) atoms. The first-order valence-corrected chi connectivity index (χ1v) is 13.6. The summed E-state index contributed by atoms with van der Waals surface area (Å²) in [5.41, 5.74) is -3.94. The Bertz CT molecular complexity index is 984. The zero-order valence-electron chi connectivity index (χ0n) is 18.8. The molecule has 1 heterocycles. The van der Waals surface area contributed by atoms with Crippen LogP contribution in [0.2, 0.25) is 0 Å². The van der Waals surface area contributed by atoms with Crippen molar-refractivity contribution in [2.24, 2.45) is 0 Å². The van der Waals surface area contributed by atoms with Gasteiger partial charge in [0.05, 0.1) is 29.4 Å². The van der Waals surface area contributed by atoms with E-state index >= 15 is 0 Å². The summed E-state index contributed by atoms with van der Waals surface area (Å²) in [7, 11) is 0. The van der Waals surface area contributed by atoms with Crippen molar-refractivity contribution < 1.29 is 32.6 Å². The third kappa shape index (κ3) is 9.54. The van der Waals surface area contributed by atoms with E-state index in [2.05, 4.69) is 10.3 Å². The normalized spacial score (nSPS) is 14.6. The van der Waals surface area contributed by atoms with E-state index in [9.17, 15) is 22.8 Å². The van der Waals surface area contributed by atoms with Crippen LogP contribution in [0.3, 0.4) is 0 Å². The van der Waals surface area contributed by atoms with Crippen LogP contribution in [0.15, 0.2) is 39.6 Å². The number of carboxylic acids is 1. The molecule has 7 nitrogen and oxygen atoms in total. The molecule has 0 radical (unpaired) electrons. The van der Waals surface area contributed by atoms with Crippen LogP contribution in [0.5, 0.6) is 0 Å². The number of thioether (sulfide) groups is 2. The van der Waals surface area contributed by atoms with Gasteiger partial charge in [-0.25, -0.2) is 9.78 Å². The number of halogens is 3. The van der Waals surface area contributed by atoms with Gasteiger partial charge in [0.1, 0.15) is 0 Å². The molecule has 3 rings (SSSR count). The van der Waals surface area contributed by atoms with E-state index in [0.29, 0.717) is 14.9 Å². The van der Waals surface area contributed by atoms with Crippen molar-refractivity contribution in [1.82, 2.24) is 9.88 Å². The lowest BCUT2D eigenvalue weighted by Gasteiger charge is -2.34. The molecule has 1 aliphatic rings. The molecule has 2 N–H and O–H groups in total. The number of aromatic nitrogens is 1. The number of anilines is 1. The Morgan fingerprint density at radius 2 is 1.97 bits per heavy atom. The standard InChI is InChI=1S/C22H26F3N3O4S3/c23-22(24,25)35-17-9-5-4-6-15(17)13-32-11-10-28(16-7-2-1-3-8-16)21(31)27-20-26-12-19(34-20)33-14-18(29)30/h4-6,9,12,16H,1-3,7-8,10-11,13-14H2,(H,29,30)(H,26,27,31). The number of carbonyl (C=O) groups excluding carboxylic acids is 1. The largest absolute Gasteiger partial charge is 0.481 e. The van der Waals surface area contributed by atoms with Gasteiger partial charge >= 0.3 is 17.5 Å². The van der Waals surface area contributed by atoms with E-state index in [1.54, 1.807) is 23.1 Å². The number of benzene rings is 1. The molecule has 0 bridgehead atoms. The number of rotatable bonds is 11. The predicted molar refractivity (Wildman–Crippen MR) is 131 cm³/mol. The number of amides is 2. The summed E-state index contributed by atoms with van der Waals surface area (Å²) in [5.74, 6) is -1.02. The molecule has 0 atom stereocenters. The third-order valence-electron chi connectivity index (χ3n) is 5.24. The number of nitrogens with one attached hydrogen (secondary N) is 1. The maximum atomic E-state index is 13.1. The van der Waals surface area contributed by atoms with Crippen LogP contribution < -0.4 is 5.32 Å². The van der Waals surface area contributed by atoms with Crippen LogP contribution in [0.1, 0.15) is 37.7 Å². The predicted octanol–water partition coefficient (Wildman–Crippen LogP) is 6.32. The molecule has 0 unspecified atom stereocenters. The quantitative estimate of drug-likeness (QED) is 0.251. The Labute approximate surface area is 213 Å². The Balaban J connectivity index is 1.57. The number of ether oxygens (including phenoxy) is 1. The van der Waals surface area contributed by atoms with Crippen molar-refractivity contribution in [1.29, 1.82) is 0 Å². The number of thiazole rings is 1. The van der Waals surface area contributed by atoms with Gasteiger partial charge in [0.25, 0.3) is 0 Å². The molecular weight excluding hydrogens is 523 g/mol. The van der Waals surface area contributed by atoms with Crippen molar-refractivity contribution in [3.8, 4) is 0 Å². The Hall–Kier alpha value is -1.96. The highest BCUT2D eigenvalue weighted by molar-refractivity contribution is 8.01. The minimum Gasteiger partial charge on any atom is -0.481 e. The number of carboxylic acid groups (broad SMARTS) is 1. The lowest BCUT2D eigenvalue weighted by Crippen LogP contribution is -2.45. The second-order valence-corrected chi connectivity index (χ2v) is 11.2. The summed E-state index contributed by atoms with van der Waals surface area (Å²) < 4.78 is 44.8. The van der Waals surface area contributed by atoms with Gasteiger partial charge < -0.3 is 14.7 Å². The van der Waals surface area contributed by atoms with Crippen LogP contribution in [0.4, 0.5) is 23.1 Å². The van der Waals surface area contributed by atoms with E-state index in [1.165, 1.54) is 23.6 Å². The van der Waals surface area contributed by atoms with Gasteiger partial charge in [-0.05, 0) is 36.2 Å². The molecular formula is C22H26F3N3O4S3. The molecule has 192 valence electrons. The second-order valence-electron chi connectivity index (χ2n) is 7.79. The molecule has 0 spiro atoms. The average molecular weight is 550 g/mol. The Morgan fingerprint density at radius 1 is 1.23 bits per heavy atom. The van der Waals surface area contributed by atoms with Gasteiger partial charge in [-0.15, -0.1) is 11.8 Å². The van der Waals surface area contributed by atoms with Crippen molar-refractivity contribution in [3.05, 3.63) is 36.0 Å². The number of alkyl halides is 3. The van der Waals surface area contributed by atoms with Crippen LogP contribution in [-0.2, 0) is 16.1 Å². The summed E-state index contributed by atoms with van der Waals surface area (Å²) in [5, 5.41) is 12.0. The SMILES string of the molecule is O=C(O)CSc1cnc(NC(=O)N(CCOCc2ccccc2SC(F)(F)F)C2CCCCC2)s1. The van der Waals surface area contributed by atoms with Gasteiger partial charge in [-0.1, -0.05) is 48.8 Å². The fraction of sp³-hybridized carbons (Fsp3) is 0.500. The first-order chi connectivity index (χ1) is 16.7. The minimum absolute atomic E-state index is 0.00994. The van der Waals surface area contributed by atoms with Crippen molar-refractivity contribution in [3.63, 3.8) is 0 Å². The molecule has 0 aliphatic heterocycles. The van der Waals surface area contributed by atoms with Gasteiger partial charge in [-0.2, -0.15) is 13.2 Å². The molecule has 2 aromatic rings. The molecule has 1 fully saturated rings. The monoisotopic (exact) mass is 549 g/mol. The smallest absolute Gasteiger partial charge is 0.446 e. The topological polar surface area (TPSA) is 91.8 Å². The summed E-state index contributed by atoms with van der Waals surface area (Å²) in [6.45, 7) is 0.472. The van der Waals surface area contributed by atoms with Crippen LogP contribution >= 0.6 is 34.9 Å². The summed E-state index contributed by atoms with van der Waals surface area (Å²) in [4.78, 5) is 29.8. The highest BCUT2D eigenvalue weighted by Crippen LogP contribution is 2.38. The second kappa shape index (κ2) is 13.4. The van der Waals surface area contributed by atoms with E-state index in [-0.39, 0.29) is 54.2 Å². The zero-order valence-corrected chi connectivity index (χ0v) is 21.2. The number of aliphatic carboxylic acids is 1. The molecule has 1 aromatic heterocycles. The first kappa shape index (κ1) is 27.6. The maximum Gasteiger partial charge on any atom is 0.446 e. The lowest BCUT2D eigenvalue weighted by atomic mass is 9.94. The molecule has 1 aromatic carbocycles. The highest BCUT2D eigenvalue weighted by Gasteiger charge is 2.30. The van der Waals surface area contributed by atoms with Crippen molar-refractivity contribution in [2.75, 3.05) is 24.2 Å². The van der Waals surface area contributed by atoms with Gasteiger partial charge in [-0.3, -0.25) is 10.1 Å². The summed E-state index contributed by atoms with van der Waals surface area (Å²) >= 11 is 2.17. The first-order valence-electron chi connectivity index (χ1n) is 11.0. The Morgan fingerprint density at radius 3 is 2.69 bits per heavy atom. The fourth-order valence-electron chi connectivity index (χ4n) is 3.71. The number of hydrogen-bond donors (Lipinski definition) is 2. The fourth-order valence-corrected chi connectivity index (χ4v) is 5.95. The van der Waals surface area contributed by atoms with Gasteiger partial charge in [0, 0.05) is 17.5 Å². The molecule has 0 saturated heterocycles. The van der Waals surface area contributed by atoms with Crippen molar-refractivity contribution >= 4 is 52.0 Å². The number of carbonyl (C=O) groups is 2. The molecule has 13 heteroatoms. The Kier molecular flexibility index (Phi) is 10.6. The summed E-state index contributed by atoms with van der Waals surface area (Å²) in [6.07, 6.45) is 6.42. The van der Waals surface area contributed by atoms with Crippen LogP contribution in [0.25, 0.3) is 0 Å². The van der Waals surface area contributed by atoms with E-state index in [4.69, 9.17) is 9.84 Å². The maximum absolute atomic E-state index is 13.1. The van der Waals surface area contributed by atoms with Gasteiger partial charge in [0.2, 0.25) is 0 Å². The minimum atomic E-state index is -4.38. The average Bonchev–Trinajstić information content (AvgIpc) is 3.25. The van der Waals surface area contributed by atoms with E-state index in [0.717, 1.165) is 43.9 Å². The lowest BCUT2D eigenvalue weighted by molar-refractivity contribution is -0.133. The molecule has 1 aliphatic carbocycles. The molecule has 1 saturated carbocycles. The van der Waals surface area contributed by atoms with E-state index in [1.807, 2.05) is 0 Å². The van der Waals surface area contributed by atoms with Gasteiger partial charge in [0.15, 0.2) is 5.13 Å². The third-order valence-corrected chi connectivity index (χ3v) is 8.19. The zero-order chi connectivity index (χ0) is 25.3. The van der Waals surface area contributed by atoms with Crippen LogP contribution in [-0.4, -0.2) is 57.4 Å². The van der Waals surface area contributed by atoms with Crippen LogP contribution in [0, 0.1) is 0 Å². The number of urea groups is 1. The highest BCUT2D eigenvalue weighted by atomic mass is 32.2. The van der Waals surface area contributed by atoms with Crippen molar-refractivity contribution in [2.45, 2.75) is 59.4 Å². The number of nitrogens with zero attached hydrogens (tertiary/aromatic N) is 2. The van der Waals surface area contributed by atoms with E-state index < -0.39 is 11.5 Å². The number of hydrogen-bond acceptors (Lipinski definition) is 7. The molecule has 2 amide bonds. The summed E-state index contributed by atoms with van der Waals surface area (Å²) in [6, 6.07) is 5.95.